The average molecular weight is 284 g/mol. The lowest BCUT2D eigenvalue weighted by Crippen LogP contribution is -2.46. The molecular weight excluding hydrogens is 257 g/mol. The zero-order valence-corrected chi connectivity index (χ0v) is 12.2. The Morgan fingerprint density at radius 3 is 2.21 bits per heavy atom. The summed E-state index contributed by atoms with van der Waals surface area (Å²) in [5.74, 6) is 0. The molecule has 0 fully saturated rings. The Kier molecular flexibility index (Phi) is 8.61. The van der Waals surface area contributed by atoms with Crippen LogP contribution in [0.25, 0.3) is 0 Å². The Bertz CT molecular complexity index is 236. The second kappa shape index (κ2) is 8.76. The van der Waals surface area contributed by atoms with Crippen molar-refractivity contribution < 1.29 is 18.3 Å². The summed E-state index contributed by atoms with van der Waals surface area (Å²) in [6, 6.07) is 0. The maximum atomic E-state index is 12.5. The molecule has 0 aromatic heterocycles. The highest BCUT2D eigenvalue weighted by atomic mass is 19.4. The van der Waals surface area contributed by atoms with Crippen LogP contribution in [0.3, 0.4) is 0 Å². The molecule has 0 amide bonds. The fourth-order valence-corrected chi connectivity index (χ4v) is 2.01. The summed E-state index contributed by atoms with van der Waals surface area (Å²) in [6.45, 7) is 6.76. The molecule has 0 aliphatic heterocycles. The topological polar surface area (TPSA) is 35.5 Å². The quantitative estimate of drug-likeness (QED) is 0.604. The van der Waals surface area contributed by atoms with E-state index in [1.54, 1.807) is 0 Å². The first-order valence-corrected chi connectivity index (χ1v) is 6.87. The fourth-order valence-electron chi connectivity index (χ4n) is 2.01. The molecule has 0 saturated heterocycles. The fraction of sp³-hybridized carbons (Fsp3) is 1.00. The van der Waals surface area contributed by atoms with Crippen LogP contribution in [0.5, 0.6) is 0 Å². The lowest BCUT2D eigenvalue weighted by atomic mass is 9.86. The highest BCUT2D eigenvalue weighted by Gasteiger charge is 2.33. The number of hydrogen-bond donors (Lipinski definition) is 2. The highest BCUT2D eigenvalue weighted by molar-refractivity contribution is 4.80. The summed E-state index contributed by atoms with van der Waals surface area (Å²) in [6.07, 6.45) is -2.42. The first-order valence-electron chi connectivity index (χ1n) is 6.87. The van der Waals surface area contributed by atoms with E-state index < -0.39 is 12.7 Å². The first kappa shape index (κ1) is 18.7. The van der Waals surface area contributed by atoms with E-state index in [4.69, 9.17) is 5.11 Å². The molecule has 0 aliphatic carbocycles. The predicted molar refractivity (Wildman–Crippen MR) is 71.1 cm³/mol. The van der Waals surface area contributed by atoms with Crippen LogP contribution < -0.4 is 5.32 Å². The van der Waals surface area contributed by atoms with E-state index >= 15 is 0 Å². The SMILES string of the molecule is CCCNCC(C)(CC)CN(CCO)CC(F)(F)F. The third-order valence-corrected chi connectivity index (χ3v) is 3.26. The van der Waals surface area contributed by atoms with Crippen LogP contribution in [-0.4, -0.2) is 55.5 Å². The zero-order valence-electron chi connectivity index (χ0n) is 12.2. The van der Waals surface area contributed by atoms with Crippen molar-refractivity contribution in [2.75, 3.05) is 39.3 Å². The first-order chi connectivity index (χ1) is 8.76. The van der Waals surface area contributed by atoms with Gasteiger partial charge in [0, 0.05) is 19.6 Å². The summed E-state index contributed by atoms with van der Waals surface area (Å²) < 4.78 is 37.4. The molecule has 0 heterocycles. The predicted octanol–water partition coefficient (Wildman–Crippen LogP) is 2.26. The maximum Gasteiger partial charge on any atom is 0.401 e. The van der Waals surface area contributed by atoms with Gasteiger partial charge in [0.1, 0.15) is 0 Å². The van der Waals surface area contributed by atoms with E-state index in [2.05, 4.69) is 12.2 Å². The molecule has 1 atom stereocenters. The minimum atomic E-state index is -4.22. The number of aliphatic hydroxyl groups excluding tert-OH is 1. The molecule has 1 unspecified atom stereocenters. The van der Waals surface area contributed by atoms with Gasteiger partial charge in [0.15, 0.2) is 0 Å². The van der Waals surface area contributed by atoms with Crippen LogP contribution in [0.1, 0.15) is 33.6 Å². The molecule has 0 rings (SSSR count). The van der Waals surface area contributed by atoms with Crippen molar-refractivity contribution >= 4 is 0 Å². The molecule has 2 N–H and O–H groups in total. The van der Waals surface area contributed by atoms with Gasteiger partial charge in [-0.2, -0.15) is 13.2 Å². The molecule has 19 heavy (non-hydrogen) atoms. The summed E-state index contributed by atoms with van der Waals surface area (Å²) >= 11 is 0. The van der Waals surface area contributed by atoms with E-state index in [1.165, 1.54) is 4.90 Å². The Morgan fingerprint density at radius 1 is 1.16 bits per heavy atom. The molecule has 6 heteroatoms. The number of alkyl halides is 3. The van der Waals surface area contributed by atoms with Crippen molar-refractivity contribution in [3.63, 3.8) is 0 Å². The average Bonchev–Trinajstić information content (AvgIpc) is 2.27. The molecule has 0 aromatic rings. The number of rotatable bonds is 10. The van der Waals surface area contributed by atoms with Crippen LogP contribution in [-0.2, 0) is 0 Å². The van der Waals surface area contributed by atoms with E-state index in [-0.39, 0.29) is 18.6 Å². The van der Waals surface area contributed by atoms with Crippen LogP contribution in [0.15, 0.2) is 0 Å². The number of aliphatic hydroxyl groups is 1. The zero-order chi connectivity index (χ0) is 14.9. The van der Waals surface area contributed by atoms with E-state index in [0.717, 1.165) is 19.4 Å². The van der Waals surface area contributed by atoms with Gasteiger partial charge < -0.3 is 10.4 Å². The second-order valence-electron chi connectivity index (χ2n) is 5.39. The van der Waals surface area contributed by atoms with Gasteiger partial charge in [-0.05, 0) is 24.8 Å². The van der Waals surface area contributed by atoms with Crippen LogP contribution in [0.2, 0.25) is 0 Å². The summed E-state index contributed by atoms with van der Waals surface area (Å²) in [5.41, 5.74) is -0.213. The third-order valence-electron chi connectivity index (χ3n) is 3.26. The minimum absolute atomic E-state index is 0.0584. The monoisotopic (exact) mass is 284 g/mol. The normalized spacial score (nSPS) is 15.8. The highest BCUT2D eigenvalue weighted by Crippen LogP contribution is 2.24. The lowest BCUT2D eigenvalue weighted by Gasteiger charge is -2.35. The maximum absolute atomic E-state index is 12.5. The van der Waals surface area contributed by atoms with Crippen molar-refractivity contribution in [1.29, 1.82) is 0 Å². The van der Waals surface area contributed by atoms with E-state index in [1.807, 2.05) is 13.8 Å². The molecule has 0 radical (unpaired) electrons. The summed E-state index contributed by atoms with van der Waals surface area (Å²) in [5, 5.41) is 12.2. The number of nitrogens with zero attached hydrogens (tertiary/aromatic N) is 1. The third kappa shape index (κ3) is 9.24. The molecule has 0 aliphatic rings. The van der Waals surface area contributed by atoms with Gasteiger partial charge >= 0.3 is 6.18 Å². The van der Waals surface area contributed by atoms with Crippen LogP contribution in [0, 0.1) is 5.41 Å². The smallest absolute Gasteiger partial charge is 0.395 e. The minimum Gasteiger partial charge on any atom is -0.395 e. The Labute approximate surface area is 114 Å². The molecule has 0 saturated carbocycles. The van der Waals surface area contributed by atoms with Crippen molar-refractivity contribution in [1.82, 2.24) is 10.2 Å². The number of halogens is 3. The summed E-state index contributed by atoms with van der Waals surface area (Å²) in [4.78, 5) is 1.29. The van der Waals surface area contributed by atoms with Gasteiger partial charge in [-0.3, -0.25) is 4.90 Å². The Morgan fingerprint density at radius 2 is 1.79 bits per heavy atom. The van der Waals surface area contributed by atoms with Gasteiger partial charge in [0.2, 0.25) is 0 Å². The van der Waals surface area contributed by atoms with Crippen molar-refractivity contribution in [2.24, 2.45) is 5.41 Å². The summed E-state index contributed by atoms with van der Waals surface area (Å²) in [7, 11) is 0. The van der Waals surface area contributed by atoms with Gasteiger partial charge in [-0.15, -0.1) is 0 Å². The molecular formula is C13H27F3N2O. The van der Waals surface area contributed by atoms with Crippen molar-refractivity contribution in [3.8, 4) is 0 Å². The van der Waals surface area contributed by atoms with Gasteiger partial charge in [-0.1, -0.05) is 20.8 Å². The molecule has 0 aromatic carbocycles. The molecule has 116 valence electrons. The number of hydrogen-bond acceptors (Lipinski definition) is 3. The van der Waals surface area contributed by atoms with Crippen molar-refractivity contribution in [3.05, 3.63) is 0 Å². The number of nitrogens with one attached hydrogen (secondary N) is 1. The Hall–Kier alpha value is -0.330. The lowest BCUT2D eigenvalue weighted by molar-refractivity contribution is -0.149. The van der Waals surface area contributed by atoms with Crippen molar-refractivity contribution in [2.45, 2.75) is 39.8 Å². The molecule has 0 spiro atoms. The largest absolute Gasteiger partial charge is 0.401 e. The van der Waals surface area contributed by atoms with Gasteiger partial charge in [-0.25, -0.2) is 0 Å². The van der Waals surface area contributed by atoms with E-state index in [9.17, 15) is 13.2 Å². The van der Waals surface area contributed by atoms with Crippen LogP contribution in [0.4, 0.5) is 13.2 Å². The molecule has 3 nitrogen and oxygen atoms in total. The second-order valence-corrected chi connectivity index (χ2v) is 5.39. The van der Waals surface area contributed by atoms with Crippen LogP contribution >= 0.6 is 0 Å². The van der Waals surface area contributed by atoms with Gasteiger partial charge in [0.25, 0.3) is 0 Å². The van der Waals surface area contributed by atoms with E-state index in [0.29, 0.717) is 13.1 Å². The Balaban J connectivity index is 4.48. The van der Waals surface area contributed by atoms with Gasteiger partial charge in [0.05, 0.1) is 13.2 Å². The molecule has 0 bridgehead atoms. The standard InChI is InChI=1S/C13H27F3N2O/c1-4-6-17-9-12(3,5-2)10-18(7-8-19)11-13(14,15)16/h17,19H,4-11H2,1-3H3.